The number of rotatable bonds is 7. The van der Waals surface area contributed by atoms with E-state index in [2.05, 4.69) is 5.32 Å². The minimum atomic E-state index is -1.20. The number of aliphatic hydroxyl groups is 1. The third kappa shape index (κ3) is 5.58. The molecule has 6 nitrogen and oxygen atoms in total. The van der Waals surface area contributed by atoms with E-state index in [4.69, 9.17) is 26.6 Å². The van der Waals surface area contributed by atoms with Crippen LogP contribution in [0.5, 0.6) is 5.75 Å². The van der Waals surface area contributed by atoms with Gasteiger partial charge in [-0.1, -0.05) is 11.6 Å². The van der Waals surface area contributed by atoms with E-state index < -0.39 is 17.9 Å². The fourth-order valence-electron chi connectivity index (χ4n) is 1.30. The van der Waals surface area contributed by atoms with Crippen LogP contribution in [0.2, 0.25) is 5.02 Å². The monoisotopic (exact) mass is 287 g/mol. The van der Waals surface area contributed by atoms with Crippen LogP contribution in [-0.2, 0) is 9.59 Å². The summed E-state index contributed by atoms with van der Waals surface area (Å²) in [7, 11) is 0. The lowest BCUT2D eigenvalue weighted by Gasteiger charge is -2.13. The molecular weight excluding hydrogens is 274 g/mol. The fourth-order valence-corrected chi connectivity index (χ4v) is 1.43. The van der Waals surface area contributed by atoms with Gasteiger partial charge in [0.2, 0.25) is 0 Å². The summed E-state index contributed by atoms with van der Waals surface area (Å²) in [6.45, 7) is -0.633. The molecular formula is C12H14ClNO5. The molecule has 3 N–H and O–H groups in total. The molecule has 1 aromatic carbocycles. The first-order valence-corrected chi connectivity index (χ1v) is 5.92. The summed E-state index contributed by atoms with van der Waals surface area (Å²) in [5.74, 6) is -1.32. The van der Waals surface area contributed by atoms with Crippen molar-refractivity contribution in [2.45, 2.75) is 12.5 Å². The summed E-state index contributed by atoms with van der Waals surface area (Å²) in [5.41, 5.74) is 0. The van der Waals surface area contributed by atoms with Gasteiger partial charge in [-0.25, -0.2) is 4.79 Å². The molecule has 0 saturated heterocycles. The molecule has 0 aliphatic rings. The van der Waals surface area contributed by atoms with Gasteiger partial charge >= 0.3 is 5.97 Å². The van der Waals surface area contributed by atoms with Gasteiger partial charge in [0.1, 0.15) is 11.8 Å². The first kappa shape index (κ1) is 15.3. The highest BCUT2D eigenvalue weighted by molar-refractivity contribution is 6.30. The van der Waals surface area contributed by atoms with E-state index >= 15 is 0 Å². The molecule has 1 atom stereocenters. The lowest BCUT2D eigenvalue weighted by atomic mass is 10.2. The van der Waals surface area contributed by atoms with E-state index in [-0.39, 0.29) is 19.6 Å². The Hall–Kier alpha value is -1.79. The zero-order chi connectivity index (χ0) is 14.3. The molecule has 0 spiro atoms. The number of aliphatic carboxylic acids is 1. The lowest BCUT2D eigenvalue weighted by molar-refractivity contribution is -0.142. The van der Waals surface area contributed by atoms with E-state index in [9.17, 15) is 9.59 Å². The highest BCUT2D eigenvalue weighted by atomic mass is 35.5. The van der Waals surface area contributed by atoms with Gasteiger partial charge in [-0.2, -0.15) is 0 Å². The molecule has 0 radical (unpaired) electrons. The highest BCUT2D eigenvalue weighted by Gasteiger charge is 2.19. The van der Waals surface area contributed by atoms with Gasteiger partial charge in [-0.05, 0) is 24.3 Å². The van der Waals surface area contributed by atoms with E-state index in [0.29, 0.717) is 10.8 Å². The maximum absolute atomic E-state index is 11.5. The molecule has 0 unspecified atom stereocenters. The number of hydrogen-bond donors (Lipinski definition) is 3. The smallest absolute Gasteiger partial charge is 0.326 e. The Morgan fingerprint density at radius 3 is 2.47 bits per heavy atom. The number of nitrogens with one attached hydrogen (secondary N) is 1. The molecule has 0 aliphatic carbocycles. The second kappa shape index (κ2) is 7.60. The standard InChI is InChI=1S/C12H14ClNO5/c13-8-1-3-9(4-2-8)19-7-11(16)14-10(5-6-15)12(17)18/h1-4,10,15H,5-7H2,(H,14,16)(H,17,18)/t10-/m1/s1. The summed E-state index contributed by atoms with van der Waals surface area (Å²) in [6, 6.07) is 5.29. The van der Waals surface area contributed by atoms with Gasteiger partial charge in [0, 0.05) is 18.1 Å². The molecule has 0 saturated carbocycles. The van der Waals surface area contributed by atoms with Crippen molar-refractivity contribution in [1.29, 1.82) is 0 Å². The highest BCUT2D eigenvalue weighted by Crippen LogP contribution is 2.15. The first-order chi connectivity index (χ1) is 9.02. The molecule has 0 fully saturated rings. The topological polar surface area (TPSA) is 95.9 Å². The molecule has 0 aromatic heterocycles. The minimum Gasteiger partial charge on any atom is -0.484 e. The van der Waals surface area contributed by atoms with Crippen LogP contribution in [0, 0.1) is 0 Å². The Morgan fingerprint density at radius 1 is 1.32 bits per heavy atom. The van der Waals surface area contributed by atoms with Crippen LogP contribution in [0.25, 0.3) is 0 Å². The Bertz CT molecular complexity index is 434. The minimum absolute atomic E-state index is 0.0536. The van der Waals surface area contributed by atoms with Crippen molar-refractivity contribution in [3.8, 4) is 5.75 Å². The van der Waals surface area contributed by atoms with Crippen molar-refractivity contribution in [2.24, 2.45) is 0 Å². The fraction of sp³-hybridized carbons (Fsp3) is 0.333. The summed E-state index contributed by atoms with van der Waals surface area (Å²) in [4.78, 5) is 22.2. The first-order valence-electron chi connectivity index (χ1n) is 5.54. The Balaban J connectivity index is 2.42. The number of ether oxygens (including phenoxy) is 1. The SMILES string of the molecule is O=C(COc1ccc(Cl)cc1)N[C@H](CCO)C(=O)O. The van der Waals surface area contributed by atoms with Crippen molar-refractivity contribution in [2.75, 3.05) is 13.2 Å². The van der Waals surface area contributed by atoms with Crippen LogP contribution in [0.3, 0.4) is 0 Å². The third-order valence-corrected chi connectivity index (χ3v) is 2.49. The van der Waals surface area contributed by atoms with Crippen LogP contribution in [0.4, 0.5) is 0 Å². The second-order valence-corrected chi connectivity index (χ2v) is 4.15. The van der Waals surface area contributed by atoms with Gasteiger partial charge in [0.25, 0.3) is 5.91 Å². The number of carbonyl (C=O) groups excluding carboxylic acids is 1. The lowest BCUT2D eigenvalue weighted by Crippen LogP contribution is -2.43. The number of carboxylic acid groups (broad SMARTS) is 1. The molecule has 1 amide bonds. The van der Waals surface area contributed by atoms with Crippen LogP contribution < -0.4 is 10.1 Å². The van der Waals surface area contributed by atoms with Crippen molar-refractivity contribution in [3.05, 3.63) is 29.3 Å². The molecule has 0 aliphatic heterocycles. The average Bonchev–Trinajstić information content (AvgIpc) is 2.37. The summed E-state index contributed by atoms with van der Waals surface area (Å²) in [5, 5.41) is 20.3. The van der Waals surface area contributed by atoms with E-state index in [1.807, 2.05) is 0 Å². The van der Waals surface area contributed by atoms with Crippen molar-refractivity contribution >= 4 is 23.5 Å². The molecule has 1 aromatic rings. The number of carbonyl (C=O) groups is 2. The molecule has 7 heteroatoms. The molecule has 19 heavy (non-hydrogen) atoms. The zero-order valence-corrected chi connectivity index (χ0v) is 10.8. The number of carboxylic acids is 1. The van der Waals surface area contributed by atoms with Gasteiger partial charge in [-0.3, -0.25) is 4.79 Å². The molecule has 1 rings (SSSR count). The van der Waals surface area contributed by atoms with E-state index in [0.717, 1.165) is 0 Å². The Morgan fingerprint density at radius 2 is 1.95 bits per heavy atom. The van der Waals surface area contributed by atoms with E-state index in [1.165, 1.54) is 0 Å². The van der Waals surface area contributed by atoms with Crippen molar-refractivity contribution in [3.63, 3.8) is 0 Å². The molecule has 0 bridgehead atoms. The van der Waals surface area contributed by atoms with Gasteiger partial charge < -0.3 is 20.3 Å². The normalized spacial score (nSPS) is 11.7. The number of aliphatic hydroxyl groups excluding tert-OH is 1. The van der Waals surface area contributed by atoms with Gasteiger partial charge in [-0.15, -0.1) is 0 Å². The maximum Gasteiger partial charge on any atom is 0.326 e. The van der Waals surface area contributed by atoms with Crippen LogP contribution in [-0.4, -0.2) is 41.3 Å². The number of halogens is 1. The van der Waals surface area contributed by atoms with Crippen LogP contribution in [0.1, 0.15) is 6.42 Å². The van der Waals surface area contributed by atoms with E-state index in [1.54, 1.807) is 24.3 Å². The summed E-state index contributed by atoms with van der Waals surface area (Å²) in [6.07, 6.45) is -0.0536. The predicted molar refractivity (Wildman–Crippen MR) is 68.2 cm³/mol. The van der Waals surface area contributed by atoms with Crippen LogP contribution in [0.15, 0.2) is 24.3 Å². The number of amides is 1. The van der Waals surface area contributed by atoms with Crippen LogP contribution >= 0.6 is 11.6 Å². The molecule has 0 heterocycles. The predicted octanol–water partition coefficient (Wildman–Crippen LogP) is 0.671. The van der Waals surface area contributed by atoms with Gasteiger partial charge in [0.05, 0.1) is 0 Å². The largest absolute Gasteiger partial charge is 0.484 e. The Labute approximate surface area is 114 Å². The van der Waals surface area contributed by atoms with Gasteiger partial charge in [0.15, 0.2) is 6.61 Å². The quantitative estimate of drug-likeness (QED) is 0.685. The Kier molecular flexibility index (Phi) is 6.11. The average molecular weight is 288 g/mol. The number of benzene rings is 1. The maximum atomic E-state index is 11.5. The summed E-state index contributed by atoms with van der Waals surface area (Å²) < 4.78 is 5.16. The zero-order valence-electron chi connectivity index (χ0n) is 10.0. The number of hydrogen-bond acceptors (Lipinski definition) is 4. The van der Waals surface area contributed by atoms with Crippen molar-refractivity contribution in [1.82, 2.24) is 5.32 Å². The van der Waals surface area contributed by atoms with Crippen molar-refractivity contribution < 1.29 is 24.5 Å². The third-order valence-electron chi connectivity index (χ3n) is 2.23. The summed E-state index contributed by atoms with van der Waals surface area (Å²) >= 11 is 5.69. The molecule has 104 valence electrons. The second-order valence-electron chi connectivity index (χ2n) is 3.71.